The predicted molar refractivity (Wildman–Crippen MR) is 77.7 cm³/mol. The Bertz CT molecular complexity index is 364. The van der Waals surface area contributed by atoms with Crippen molar-refractivity contribution in [2.75, 3.05) is 6.54 Å². The molecule has 0 heterocycles. The predicted octanol–water partition coefficient (Wildman–Crippen LogP) is -1.53. The van der Waals surface area contributed by atoms with E-state index in [0.717, 1.165) is 18.5 Å². The van der Waals surface area contributed by atoms with E-state index in [2.05, 4.69) is 5.32 Å². The zero-order chi connectivity index (χ0) is 14.5. The SMILES string of the molecule is CC([NH2+]CCC(O)C(C)(C)C)C(O)c1ccccc1.[Cl-]. The molecule has 1 aromatic carbocycles. The van der Waals surface area contributed by atoms with Gasteiger partial charge in [0.1, 0.15) is 12.1 Å². The van der Waals surface area contributed by atoms with Crippen LogP contribution >= 0.6 is 0 Å². The van der Waals surface area contributed by atoms with Crippen LogP contribution in [0.15, 0.2) is 30.3 Å². The van der Waals surface area contributed by atoms with Gasteiger partial charge in [0.25, 0.3) is 0 Å². The molecule has 3 nitrogen and oxygen atoms in total. The highest BCUT2D eigenvalue weighted by molar-refractivity contribution is 5.17. The highest BCUT2D eigenvalue weighted by atomic mass is 35.5. The van der Waals surface area contributed by atoms with Crippen LogP contribution in [0.4, 0.5) is 0 Å². The number of rotatable bonds is 6. The number of quaternary nitrogens is 1. The Morgan fingerprint density at radius 1 is 1.10 bits per heavy atom. The third kappa shape index (κ3) is 6.23. The second-order valence-electron chi connectivity index (χ2n) is 6.41. The van der Waals surface area contributed by atoms with Crippen molar-refractivity contribution < 1.29 is 27.9 Å². The lowest BCUT2D eigenvalue weighted by Gasteiger charge is -2.26. The van der Waals surface area contributed by atoms with Crippen molar-refractivity contribution >= 4 is 0 Å². The minimum absolute atomic E-state index is 0. The van der Waals surface area contributed by atoms with Gasteiger partial charge in [0.2, 0.25) is 0 Å². The van der Waals surface area contributed by atoms with Crippen LogP contribution in [-0.2, 0) is 0 Å². The largest absolute Gasteiger partial charge is 1.00 e. The number of benzene rings is 1. The summed E-state index contributed by atoms with van der Waals surface area (Å²) in [7, 11) is 0. The maximum atomic E-state index is 10.2. The third-order valence-electron chi connectivity index (χ3n) is 3.62. The van der Waals surface area contributed by atoms with Gasteiger partial charge in [-0.05, 0) is 17.9 Å². The molecule has 4 heteroatoms. The van der Waals surface area contributed by atoms with E-state index in [9.17, 15) is 10.2 Å². The molecule has 0 saturated carbocycles. The second kappa shape index (κ2) is 8.63. The van der Waals surface area contributed by atoms with Gasteiger partial charge in [0.05, 0.1) is 12.6 Å². The minimum Gasteiger partial charge on any atom is -1.00 e. The van der Waals surface area contributed by atoms with Crippen molar-refractivity contribution in [1.82, 2.24) is 0 Å². The summed E-state index contributed by atoms with van der Waals surface area (Å²) in [5.74, 6) is 0. The number of hydrogen-bond donors (Lipinski definition) is 3. The molecule has 3 atom stereocenters. The molecular formula is C16H28ClNO2. The van der Waals surface area contributed by atoms with E-state index in [4.69, 9.17) is 0 Å². The third-order valence-corrected chi connectivity index (χ3v) is 3.62. The monoisotopic (exact) mass is 301 g/mol. The zero-order valence-corrected chi connectivity index (χ0v) is 13.6. The summed E-state index contributed by atoms with van der Waals surface area (Å²) < 4.78 is 0. The van der Waals surface area contributed by atoms with Gasteiger partial charge in [0.15, 0.2) is 0 Å². The highest BCUT2D eigenvalue weighted by Crippen LogP contribution is 2.20. The van der Waals surface area contributed by atoms with Gasteiger partial charge >= 0.3 is 0 Å². The van der Waals surface area contributed by atoms with Crippen LogP contribution in [0, 0.1) is 5.41 Å². The number of hydrogen-bond acceptors (Lipinski definition) is 2. The van der Waals surface area contributed by atoms with Gasteiger partial charge in [-0.25, -0.2) is 0 Å². The number of aliphatic hydroxyl groups is 2. The summed E-state index contributed by atoms with van der Waals surface area (Å²) in [4.78, 5) is 0. The molecule has 0 fully saturated rings. The Labute approximate surface area is 128 Å². The molecule has 0 aliphatic carbocycles. The Morgan fingerprint density at radius 3 is 2.15 bits per heavy atom. The lowest BCUT2D eigenvalue weighted by molar-refractivity contribution is -0.695. The molecule has 0 spiro atoms. The van der Waals surface area contributed by atoms with Crippen molar-refractivity contribution in [2.45, 2.75) is 52.4 Å². The molecule has 0 aliphatic rings. The van der Waals surface area contributed by atoms with Crippen molar-refractivity contribution in [3.63, 3.8) is 0 Å². The zero-order valence-electron chi connectivity index (χ0n) is 12.9. The van der Waals surface area contributed by atoms with E-state index in [1.807, 2.05) is 58.0 Å². The van der Waals surface area contributed by atoms with E-state index in [0.29, 0.717) is 0 Å². The quantitative estimate of drug-likeness (QED) is 0.597. The minimum atomic E-state index is -0.465. The molecule has 0 amide bonds. The lowest BCUT2D eigenvalue weighted by atomic mass is 9.87. The summed E-state index contributed by atoms with van der Waals surface area (Å²) in [6.07, 6.45) is -0.0205. The summed E-state index contributed by atoms with van der Waals surface area (Å²) in [5.41, 5.74) is 0.873. The molecule has 0 bridgehead atoms. The van der Waals surface area contributed by atoms with Crippen LogP contribution in [0.1, 0.15) is 45.8 Å². The Kier molecular flexibility index (Phi) is 8.36. The van der Waals surface area contributed by atoms with Gasteiger partial charge in [-0.1, -0.05) is 51.1 Å². The molecule has 1 rings (SSSR count). The van der Waals surface area contributed by atoms with E-state index in [-0.39, 0.29) is 30.0 Å². The summed E-state index contributed by atoms with van der Waals surface area (Å²) >= 11 is 0. The molecule has 0 aliphatic heterocycles. The molecular weight excluding hydrogens is 274 g/mol. The van der Waals surface area contributed by atoms with Crippen molar-refractivity contribution in [3.8, 4) is 0 Å². The van der Waals surface area contributed by atoms with Crippen LogP contribution in [0.5, 0.6) is 0 Å². The normalized spacial score (nSPS) is 16.1. The first-order valence-electron chi connectivity index (χ1n) is 7.06. The molecule has 0 aromatic heterocycles. The maximum Gasteiger partial charge on any atom is 0.130 e. The fourth-order valence-electron chi connectivity index (χ4n) is 2.03. The molecule has 1 aromatic rings. The first kappa shape index (κ1) is 19.4. The van der Waals surface area contributed by atoms with Crippen molar-refractivity contribution in [1.29, 1.82) is 0 Å². The Balaban J connectivity index is 0.00000361. The molecule has 0 saturated heterocycles. The fraction of sp³-hybridized carbons (Fsp3) is 0.625. The van der Waals surface area contributed by atoms with Crippen LogP contribution in [0.25, 0.3) is 0 Å². The lowest BCUT2D eigenvalue weighted by Crippen LogP contribution is -3.00. The van der Waals surface area contributed by atoms with Gasteiger partial charge in [-0.3, -0.25) is 0 Å². The summed E-state index contributed by atoms with van der Waals surface area (Å²) in [5, 5.41) is 22.3. The maximum absolute atomic E-state index is 10.2. The van der Waals surface area contributed by atoms with Crippen LogP contribution in [-0.4, -0.2) is 28.9 Å². The van der Waals surface area contributed by atoms with Crippen molar-refractivity contribution in [2.24, 2.45) is 5.41 Å². The standard InChI is InChI=1S/C16H27NO2.ClH/c1-12(15(19)13-8-6-5-7-9-13)17-11-10-14(18)16(2,3)4;/h5-9,12,14-15,17-19H,10-11H2,1-4H3;1H. The number of aliphatic hydroxyl groups excluding tert-OH is 2. The van der Waals surface area contributed by atoms with Crippen molar-refractivity contribution in [3.05, 3.63) is 35.9 Å². The Morgan fingerprint density at radius 2 is 1.65 bits per heavy atom. The van der Waals surface area contributed by atoms with Gasteiger partial charge in [-0.2, -0.15) is 0 Å². The second-order valence-corrected chi connectivity index (χ2v) is 6.41. The van der Waals surface area contributed by atoms with Crippen LogP contribution < -0.4 is 17.7 Å². The Hall–Kier alpha value is -0.610. The topological polar surface area (TPSA) is 57.1 Å². The smallest absolute Gasteiger partial charge is 0.130 e. The van der Waals surface area contributed by atoms with E-state index in [1.165, 1.54) is 0 Å². The van der Waals surface area contributed by atoms with Gasteiger partial charge < -0.3 is 27.9 Å². The number of halogens is 1. The first-order valence-corrected chi connectivity index (χ1v) is 7.06. The van der Waals surface area contributed by atoms with E-state index < -0.39 is 6.10 Å². The van der Waals surface area contributed by atoms with Crippen LogP contribution in [0.2, 0.25) is 0 Å². The summed E-state index contributed by atoms with van der Waals surface area (Å²) in [6, 6.07) is 9.81. The highest BCUT2D eigenvalue weighted by Gasteiger charge is 2.24. The number of nitrogens with two attached hydrogens (primary N) is 1. The van der Waals surface area contributed by atoms with Gasteiger partial charge in [0, 0.05) is 6.42 Å². The average molecular weight is 302 g/mol. The molecule has 3 unspecified atom stereocenters. The fourth-order valence-corrected chi connectivity index (χ4v) is 2.03. The molecule has 4 N–H and O–H groups in total. The average Bonchev–Trinajstić information content (AvgIpc) is 2.37. The molecule has 0 radical (unpaired) electrons. The summed E-state index contributed by atoms with van der Waals surface area (Å²) in [6.45, 7) is 8.96. The molecule has 116 valence electrons. The van der Waals surface area contributed by atoms with Crippen LogP contribution in [0.3, 0.4) is 0 Å². The van der Waals surface area contributed by atoms with E-state index in [1.54, 1.807) is 0 Å². The van der Waals surface area contributed by atoms with Gasteiger partial charge in [-0.15, -0.1) is 0 Å². The molecule has 20 heavy (non-hydrogen) atoms. The van der Waals surface area contributed by atoms with E-state index >= 15 is 0 Å². The first-order chi connectivity index (χ1) is 8.82.